The molecule has 1 fully saturated rings. The maximum Gasteiger partial charge on any atom is 0.251 e. The molecule has 1 amide bonds. The topological polar surface area (TPSA) is 78.2 Å². The highest BCUT2D eigenvalue weighted by molar-refractivity contribution is 5.95. The number of nitrogens with one attached hydrogen (secondary N) is 1. The number of carbonyl (C=O) groups is 1. The van der Waals surface area contributed by atoms with Crippen LogP contribution in [0.15, 0.2) is 72.9 Å². The summed E-state index contributed by atoms with van der Waals surface area (Å²) in [7, 11) is 0. The quantitative estimate of drug-likeness (QED) is 0.664. The zero-order valence-corrected chi connectivity index (χ0v) is 17.2. The Labute approximate surface area is 182 Å². The Hall–Kier alpha value is -3.85. The number of rotatable bonds is 6. The van der Waals surface area contributed by atoms with E-state index in [4.69, 9.17) is 10.00 Å². The number of anilines is 1. The zero-order chi connectivity index (χ0) is 21.5. The second-order valence-electron chi connectivity index (χ2n) is 7.51. The van der Waals surface area contributed by atoms with E-state index in [0.717, 1.165) is 43.1 Å². The monoisotopic (exact) mass is 412 g/mol. The van der Waals surface area contributed by atoms with Gasteiger partial charge in [0.05, 0.1) is 5.56 Å². The third-order valence-electron chi connectivity index (χ3n) is 5.43. The molecule has 1 aromatic heterocycles. The number of piperidine rings is 1. The van der Waals surface area contributed by atoms with Crippen LogP contribution in [0.25, 0.3) is 0 Å². The number of nitriles is 1. The van der Waals surface area contributed by atoms with E-state index in [0.29, 0.717) is 17.7 Å². The van der Waals surface area contributed by atoms with Crippen molar-refractivity contribution in [2.45, 2.75) is 25.5 Å². The molecule has 4 rings (SSSR count). The molecule has 0 spiro atoms. The Morgan fingerprint density at radius 1 is 1.06 bits per heavy atom. The summed E-state index contributed by atoms with van der Waals surface area (Å²) in [5, 5.41) is 12.1. The van der Waals surface area contributed by atoms with Crippen LogP contribution in [0.4, 0.5) is 5.82 Å². The lowest BCUT2D eigenvalue weighted by Gasteiger charge is -2.33. The molecule has 31 heavy (non-hydrogen) atoms. The number of para-hydroxylation sites is 1. The number of aromatic nitrogens is 1. The van der Waals surface area contributed by atoms with Gasteiger partial charge in [0, 0.05) is 36.5 Å². The molecule has 1 saturated heterocycles. The maximum absolute atomic E-state index is 12.9. The maximum atomic E-state index is 12.9. The number of nitrogens with zero attached hydrogens (tertiary/aromatic N) is 3. The minimum Gasteiger partial charge on any atom is -0.489 e. The number of pyridine rings is 1. The first-order chi connectivity index (χ1) is 15.2. The van der Waals surface area contributed by atoms with Crippen molar-refractivity contribution in [3.8, 4) is 11.8 Å². The molecule has 0 radical (unpaired) electrons. The van der Waals surface area contributed by atoms with Gasteiger partial charge in [-0.2, -0.15) is 5.26 Å². The van der Waals surface area contributed by atoms with Crippen molar-refractivity contribution in [2.24, 2.45) is 0 Å². The van der Waals surface area contributed by atoms with Gasteiger partial charge < -0.3 is 15.0 Å². The summed E-state index contributed by atoms with van der Waals surface area (Å²) in [6.45, 7) is 1.96. The predicted octanol–water partition coefficient (Wildman–Crippen LogP) is 3.93. The number of benzene rings is 2. The van der Waals surface area contributed by atoms with E-state index in [2.05, 4.69) is 21.3 Å². The van der Waals surface area contributed by atoms with Crippen molar-refractivity contribution in [3.05, 3.63) is 89.6 Å². The molecule has 0 saturated carbocycles. The van der Waals surface area contributed by atoms with Crippen LogP contribution in [0.1, 0.15) is 34.3 Å². The fraction of sp³-hybridized carbons (Fsp3) is 0.240. The predicted molar refractivity (Wildman–Crippen MR) is 119 cm³/mol. The number of amides is 1. The molecular formula is C25H24N4O2. The molecular weight excluding hydrogens is 388 g/mol. The van der Waals surface area contributed by atoms with Crippen molar-refractivity contribution >= 4 is 11.7 Å². The van der Waals surface area contributed by atoms with E-state index in [1.807, 2.05) is 60.7 Å². The lowest BCUT2D eigenvalue weighted by molar-refractivity contribution is 0.0928. The molecule has 1 aliphatic heterocycles. The van der Waals surface area contributed by atoms with Crippen LogP contribution < -0.4 is 15.0 Å². The Kier molecular flexibility index (Phi) is 6.44. The van der Waals surface area contributed by atoms with E-state index in [-0.39, 0.29) is 11.9 Å². The van der Waals surface area contributed by atoms with E-state index >= 15 is 0 Å². The standard InChI is InChI=1S/C25H24N4O2/c26-16-19-10-11-24(27-17-19)29-14-12-21(13-15-29)28-25(30)23-9-5-4-6-20(23)18-31-22-7-2-1-3-8-22/h1-11,17,21H,12-15,18H2,(H,28,30). The molecule has 6 heteroatoms. The van der Waals surface area contributed by atoms with Gasteiger partial charge in [0.15, 0.2) is 0 Å². The average molecular weight is 412 g/mol. The van der Waals surface area contributed by atoms with Crippen LogP contribution >= 0.6 is 0 Å². The third-order valence-corrected chi connectivity index (χ3v) is 5.43. The van der Waals surface area contributed by atoms with Crippen LogP contribution in [0.2, 0.25) is 0 Å². The Morgan fingerprint density at radius 2 is 1.81 bits per heavy atom. The SMILES string of the molecule is N#Cc1ccc(N2CCC(NC(=O)c3ccccc3COc3ccccc3)CC2)nc1. The van der Waals surface area contributed by atoms with Gasteiger partial charge in [-0.15, -0.1) is 0 Å². The fourth-order valence-corrected chi connectivity index (χ4v) is 3.70. The van der Waals surface area contributed by atoms with E-state index in [1.54, 1.807) is 12.3 Å². The number of carbonyl (C=O) groups excluding carboxylic acids is 1. The fourth-order valence-electron chi connectivity index (χ4n) is 3.70. The second-order valence-corrected chi connectivity index (χ2v) is 7.51. The van der Waals surface area contributed by atoms with Crippen molar-refractivity contribution in [1.82, 2.24) is 10.3 Å². The Bertz CT molecular complexity index is 1050. The summed E-state index contributed by atoms with van der Waals surface area (Å²) < 4.78 is 5.84. The van der Waals surface area contributed by atoms with Gasteiger partial charge in [-0.3, -0.25) is 4.79 Å². The summed E-state index contributed by atoms with van der Waals surface area (Å²) >= 11 is 0. The summed E-state index contributed by atoms with van der Waals surface area (Å²) in [6, 6.07) is 23.0. The minimum absolute atomic E-state index is 0.0674. The Morgan fingerprint density at radius 3 is 2.52 bits per heavy atom. The largest absolute Gasteiger partial charge is 0.489 e. The second kappa shape index (κ2) is 9.77. The van der Waals surface area contributed by atoms with Crippen molar-refractivity contribution in [2.75, 3.05) is 18.0 Å². The van der Waals surface area contributed by atoms with Crippen LogP contribution in [-0.4, -0.2) is 30.0 Å². The van der Waals surface area contributed by atoms with Gasteiger partial charge in [-0.1, -0.05) is 36.4 Å². The molecule has 2 heterocycles. The molecule has 156 valence electrons. The lowest BCUT2D eigenvalue weighted by Crippen LogP contribution is -2.45. The van der Waals surface area contributed by atoms with Gasteiger partial charge in [0.2, 0.25) is 0 Å². The summed E-state index contributed by atoms with van der Waals surface area (Å²) in [5.74, 6) is 1.58. The molecule has 1 aliphatic rings. The number of hydrogen-bond donors (Lipinski definition) is 1. The first-order valence-corrected chi connectivity index (χ1v) is 10.4. The Balaban J connectivity index is 1.33. The van der Waals surface area contributed by atoms with Crippen LogP contribution in [0.5, 0.6) is 5.75 Å². The summed E-state index contributed by atoms with van der Waals surface area (Å²) in [5.41, 5.74) is 2.07. The van der Waals surface area contributed by atoms with Gasteiger partial charge in [0.1, 0.15) is 24.2 Å². The first-order valence-electron chi connectivity index (χ1n) is 10.4. The minimum atomic E-state index is -0.0674. The van der Waals surface area contributed by atoms with Crippen molar-refractivity contribution < 1.29 is 9.53 Å². The lowest BCUT2D eigenvalue weighted by atomic mass is 10.0. The number of hydrogen-bond acceptors (Lipinski definition) is 5. The molecule has 3 aromatic rings. The molecule has 6 nitrogen and oxygen atoms in total. The zero-order valence-electron chi connectivity index (χ0n) is 17.2. The number of ether oxygens (including phenoxy) is 1. The van der Waals surface area contributed by atoms with E-state index in [1.165, 1.54) is 0 Å². The van der Waals surface area contributed by atoms with E-state index < -0.39 is 0 Å². The van der Waals surface area contributed by atoms with Gasteiger partial charge in [-0.25, -0.2) is 4.98 Å². The average Bonchev–Trinajstić information content (AvgIpc) is 2.84. The highest BCUT2D eigenvalue weighted by Crippen LogP contribution is 2.19. The van der Waals surface area contributed by atoms with Crippen LogP contribution in [-0.2, 0) is 6.61 Å². The molecule has 0 unspecified atom stereocenters. The molecule has 0 atom stereocenters. The summed E-state index contributed by atoms with van der Waals surface area (Å²) in [4.78, 5) is 19.5. The first kappa shape index (κ1) is 20.4. The molecule has 1 N–H and O–H groups in total. The highest BCUT2D eigenvalue weighted by Gasteiger charge is 2.23. The highest BCUT2D eigenvalue weighted by atomic mass is 16.5. The van der Waals surface area contributed by atoms with Gasteiger partial charge in [-0.05, 0) is 43.2 Å². The van der Waals surface area contributed by atoms with Crippen molar-refractivity contribution in [1.29, 1.82) is 5.26 Å². The van der Waals surface area contributed by atoms with Crippen molar-refractivity contribution in [3.63, 3.8) is 0 Å². The van der Waals surface area contributed by atoms with Gasteiger partial charge in [0.25, 0.3) is 5.91 Å². The molecule has 2 aromatic carbocycles. The van der Waals surface area contributed by atoms with E-state index in [9.17, 15) is 4.79 Å². The summed E-state index contributed by atoms with van der Waals surface area (Å²) in [6.07, 6.45) is 3.28. The third kappa shape index (κ3) is 5.20. The molecule has 0 aliphatic carbocycles. The van der Waals surface area contributed by atoms with Gasteiger partial charge >= 0.3 is 0 Å². The normalized spacial score (nSPS) is 14.0. The van der Waals surface area contributed by atoms with Crippen LogP contribution in [0, 0.1) is 11.3 Å². The smallest absolute Gasteiger partial charge is 0.251 e. The molecule has 0 bridgehead atoms. The van der Waals surface area contributed by atoms with Crippen LogP contribution in [0.3, 0.4) is 0 Å².